The molecule has 0 atom stereocenters. The molecule has 3 nitrogen and oxygen atoms in total. The molecule has 29 heavy (non-hydrogen) atoms. The summed E-state index contributed by atoms with van der Waals surface area (Å²) in [5, 5.41) is 10.5. The molecule has 3 rings (SSSR count). The molecular formula is C21H23F4NO2S. The predicted molar refractivity (Wildman–Crippen MR) is 105 cm³/mol. The summed E-state index contributed by atoms with van der Waals surface area (Å²) in [5.74, 6) is -2.42. The van der Waals surface area contributed by atoms with Crippen molar-refractivity contribution < 1.29 is 27.5 Å². The average Bonchev–Trinajstić information content (AvgIpc) is 2.67. The molecule has 1 aliphatic heterocycles. The van der Waals surface area contributed by atoms with E-state index in [0.29, 0.717) is 5.92 Å². The number of carboxylic acid groups (broad SMARTS) is 1. The Bertz CT molecular complexity index is 849. The van der Waals surface area contributed by atoms with Crippen molar-refractivity contribution in [2.45, 2.75) is 48.6 Å². The van der Waals surface area contributed by atoms with Gasteiger partial charge in [-0.05, 0) is 86.7 Å². The fourth-order valence-electron chi connectivity index (χ4n) is 3.02. The quantitative estimate of drug-likeness (QED) is 0.615. The van der Waals surface area contributed by atoms with Crippen molar-refractivity contribution in [3.8, 4) is 0 Å². The number of alkyl halides is 3. The van der Waals surface area contributed by atoms with Crippen molar-refractivity contribution in [2.24, 2.45) is 0 Å². The first-order valence-electron chi connectivity index (χ1n) is 9.14. The highest BCUT2D eigenvalue weighted by Gasteiger charge is 2.38. The Morgan fingerprint density at radius 3 is 2.31 bits per heavy atom. The third-order valence-electron chi connectivity index (χ3n) is 4.77. The van der Waals surface area contributed by atoms with Gasteiger partial charge in [0.05, 0.1) is 0 Å². The average molecular weight is 429 g/mol. The maximum Gasteiger partial charge on any atom is 0.490 e. The smallest absolute Gasteiger partial charge is 0.475 e. The summed E-state index contributed by atoms with van der Waals surface area (Å²) in [6, 6.07) is 11.7. The second-order valence-electron chi connectivity index (χ2n) is 6.81. The minimum Gasteiger partial charge on any atom is -0.475 e. The van der Waals surface area contributed by atoms with Crippen LogP contribution in [0.15, 0.2) is 46.2 Å². The number of carboxylic acids is 1. The first kappa shape index (κ1) is 23.2. The molecule has 0 saturated carbocycles. The zero-order chi connectivity index (χ0) is 21.6. The largest absolute Gasteiger partial charge is 0.490 e. The van der Waals surface area contributed by atoms with Gasteiger partial charge in [-0.2, -0.15) is 13.2 Å². The van der Waals surface area contributed by atoms with Crippen molar-refractivity contribution in [3.05, 3.63) is 58.9 Å². The van der Waals surface area contributed by atoms with Crippen LogP contribution in [0.5, 0.6) is 0 Å². The van der Waals surface area contributed by atoms with E-state index in [0.717, 1.165) is 25.9 Å². The van der Waals surface area contributed by atoms with Gasteiger partial charge in [0.2, 0.25) is 0 Å². The molecule has 8 heteroatoms. The van der Waals surface area contributed by atoms with Crippen molar-refractivity contribution >= 4 is 17.7 Å². The molecule has 2 N–H and O–H groups in total. The van der Waals surface area contributed by atoms with E-state index in [-0.39, 0.29) is 5.82 Å². The number of nitrogens with one attached hydrogen (secondary N) is 1. The van der Waals surface area contributed by atoms with Crippen LogP contribution in [0.3, 0.4) is 0 Å². The lowest BCUT2D eigenvalue weighted by molar-refractivity contribution is -0.192. The van der Waals surface area contributed by atoms with E-state index >= 15 is 0 Å². The van der Waals surface area contributed by atoms with Crippen molar-refractivity contribution in [2.75, 3.05) is 13.1 Å². The Kier molecular flexibility index (Phi) is 8.10. The number of aliphatic carboxylic acids is 1. The molecule has 158 valence electrons. The molecular weight excluding hydrogens is 406 g/mol. The summed E-state index contributed by atoms with van der Waals surface area (Å²) < 4.78 is 45.5. The van der Waals surface area contributed by atoms with E-state index < -0.39 is 12.1 Å². The minimum atomic E-state index is -5.08. The molecule has 0 spiro atoms. The van der Waals surface area contributed by atoms with Crippen LogP contribution in [0, 0.1) is 19.7 Å². The molecule has 0 bridgehead atoms. The van der Waals surface area contributed by atoms with E-state index in [9.17, 15) is 17.6 Å². The van der Waals surface area contributed by atoms with Crippen LogP contribution >= 0.6 is 11.8 Å². The Labute approximate surface area is 171 Å². The van der Waals surface area contributed by atoms with E-state index in [1.807, 2.05) is 6.07 Å². The molecule has 0 aliphatic carbocycles. The molecule has 1 aliphatic rings. The summed E-state index contributed by atoms with van der Waals surface area (Å²) in [6.45, 7) is 6.34. The van der Waals surface area contributed by atoms with Gasteiger partial charge in [-0.1, -0.05) is 23.9 Å². The Hall–Kier alpha value is -2.06. The summed E-state index contributed by atoms with van der Waals surface area (Å²) in [6.07, 6.45) is -2.91. The van der Waals surface area contributed by atoms with E-state index in [1.54, 1.807) is 23.9 Å². The topological polar surface area (TPSA) is 49.3 Å². The fourth-order valence-corrected chi connectivity index (χ4v) is 4.19. The van der Waals surface area contributed by atoms with Gasteiger partial charge in [0.1, 0.15) is 5.82 Å². The molecule has 1 heterocycles. The second-order valence-corrected chi connectivity index (χ2v) is 7.89. The molecule has 2 aromatic carbocycles. The summed E-state index contributed by atoms with van der Waals surface area (Å²) in [7, 11) is 0. The number of benzene rings is 2. The highest BCUT2D eigenvalue weighted by molar-refractivity contribution is 7.99. The fraction of sp³-hybridized carbons (Fsp3) is 0.381. The van der Waals surface area contributed by atoms with Gasteiger partial charge in [0, 0.05) is 9.79 Å². The third kappa shape index (κ3) is 6.75. The van der Waals surface area contributed by atoms with Gasteiger partial charge >= 0.3 is 12.1 Å². The van der Waals surface area contributed by atoms with Gasteiger partial charge in [-0.25, -0.2) is 9.18 Å². The third-order valence-corrected chi connectivity index (χ3v) is 6.02. The van der Waals surface area contributed by atoms with Crippen LogP contribution < -0.4 is 5.32 Å². The SMILES string of the molecule is Cc1cccc(Sc2ccc(F)cc2C2CCNCC2)c1C.O=C(O)C(F)(F)F. The van der Waals surface area contributed by atoms with Crippen molar-refractivity contribution in [3.63, 3.8) is 0 Å². The Balaban J connectivity index is 0.000000370. The lowest BCUT2D eigenvalue weighted by Gasteiger charge is -2.25. The number of carbonyl (C=O) groups is 1. The zero-order valence-corrected chi connectivity index (χ0v) is 17.0. The van der Waals surface area contributed by atoms with Crippen LogP contribution in [0.25, 0.3) is 0 Å². The van der Waals surface area contributed by atoms with Gasteiger partial charge in [-0.3, -0.25) is 0 Å². The van der Waals surface area contributed by atoms with E-state index in [1.165, 1.54) is 26.5 Å². The molecule has 1 fully saturated rings. The molecule has 0 aromatic heterocycles. The normalized spacial score (nSPS) is 14.8. The maximum atomic E-state index is 13.8. The highest BCUT2D eigenvalue weighted by atomic mass is 32.2. The number of hydrogen-bond acceptors (Lipinski definition) is 3. The van der Waals surface area contributed by atoms with E-state index in [4.69, 9.17) is 9.90 Å². The van der Waals surface area contributed by atoms with Gasteiger partial charge in [0.25, 0.3) is 0 Å². The van der Waals surface area contributed by atoms with Crippen LogP contribution in [0.4, 0.5) is 17.6 Å². The van der Waals surface area contributed by atoms with Gasteiger partial charge in [-0.15, -0.1) is 0 Å². The Morgan fingerprint density at radius 2 is 1.72 bits per heavy atom. The van der Waals surface area contributed by atoms with Crippen molar-refractivity contribution in [1.29, 1.82) is 0 Å². The van der Waals surface area contributed by atoms with Gasteiger partial charge in [0.15, 0.2) is 0 Å². The highest BCUT2D eigenvalue weighted by Crippen LogP contribution is 2.39. The molecule has 0 unspecified atom stereocenters. The lowest BCUT2D eigenvalue weighted by atomic mass is 9.90. The van der Waals surface area contributed by atoms with Crippen molar-refractivity contribution in [1.82, 2.24) is 5.32 Å². The lowest BCUT2D eigenvalue weighted by Crippen LogP contribution is -2.26. The minimum absolute atomic E-state index is 0.126. The van der Waals surface area contributed by atoms with E-state index in [2.05, 4.69) is 37.4 Å². The number of piperidine rings is 1. The second kappa shape index (κ2) is 10.1. The van der Waals surface area contributed by atoms with Crippen LogP contribution in [-0.2, 0) is 4.79 Å². The number of aryl methyl sites for hydroxylation is 1. The molecule has 0 amide bonds. The van der Waals surface area contributed by atoms with Crippen LogP contribution in [0.1, 0.15) is 35.4 Å². The van der Waals surface area contributed by atoms with Crippen LogP contribution in [0.2, 0.25) is 0 Å². The predicted octanol–water partition coefficient (Wildman–Crippen LogP) is 5.69. The number of halogens is 4. The summed E-state index contributed by atoms with van der Waals surface area (Å²) >= 11 is 1.77. The zero-order valence-electron chi connectivity index (χ0n) is 16.1. The molecule has 0 radical (unpaired) electrons. The number of rotatable bonds is 3. The van der Waals surface area contributed by atoms with Crippen LogP contribution in [-0.4, -0.2) is 30.3 Å². The first-order valence-corrected chi connectivity index (χ1v) is 9.95. The monoisotopic (exact) mass is 429 g/mol. The Morgan fingerprint density at radius 1 is 1.10 bits per heavy atom. The molecule has 2 aromatic rings. The first-order chi connectivity index (χ1) is 13.6. The number of hydrogen-bond donors (Lipinski definition) is 2. The summed E-state index contributed by atoms with van der Waals surface area (Å²) in [4.78, 5) is 11.4. The maximum absolute atomic E-state index is 13.8. The molecule has 1 saturated heterocycles. The summed E-state index contributed by atoms with van der Waals surface area (Å²) in [5.41, 5.74) is 3.79. The van der Waals surface area contributed by atoms with Gasteiger partial charge < -0.3 is 10.4 Å². The standard InChI is InChI=1S/C19H22FNS.C2HF3O2/c1-13-4-3-5-18(14(13)2)22-19-7-6-16(20)12-17(19)15-8-10-21-11-9-15;3-2(4,5)1(6)7/h3-7,12,15,21H,8-11H2,1-2H3;(H,6,7).